The van der Waals surface area contributed by atoms with Crippen LogP contribution in [-0.2, 0) is 6.42 Å². The molecule has 0 bridgehead atoms. The molecule has 4 nitrogen and oxygen atoms in total. The zero-order valence-electron chi connectivity index (χ0n) is 11.6. The lowest BCUT2D eigenvalue weighted by Gasteiger charge is -2.06. The highest BCUT2D eigenvalue weighted by molar-refractivity contribution is 5.64. The first-order chi connectivity index (χ1) is 9.26. The van der Waals surface area contributed by atoms with Crippen molar-refractivity contribution < 1.29 is 4.74 Å². The van der Waals surface area contributed by atoms with Crippen LogP contribution < -0.4 is 10.5 Å². The van der Waals surface area contributed by atoms with Gasteiger partial charge in [-0.2, -0.15) is 5.10 Å². The fraction of sp³-hybridized carbons (Fsp3) is 0.400. The largest absolute Gasteiger partial charge is 0.494 e. The lowest BCUT2D eigenvalue weighted by atomic mass is 10.0. The Labute approximate surface area is 114 Å². The van der Waals surface area contributed by atoms with Crippen molar-refractivity contribution in [2.75, 3.05) is 13.2 Å². The van der Waals surface area contributed by atoms with Crippen molar-refractivity contribution in [3.63, 3.8) is 0 Å². The summed E-state index contributed by atoms with van der Waals surface area (Å²) >= 11 is 0. The molecule has 0 amide bonds. The van der Waals surface area contributed by atoms with Gasteiger partial charge in [0, 0.05) is 16.8 Å². The maximum Gasteiger partial charge on any atom is 0.119 e. The van der Waals surface area contributed by atoms with Gasteiger partial charge in [-0.15, -0.1) is 0 Å². The van der Waals surface area contributed by atoms with Crippen molar-refractivity contribution in [1.29, 1.82) is 0 Å². The summed E-state index contributed by atoms with van der Waals surface area (Å²) in [6, 6.07) is 8.06. The quantitative estimate of drug-likeness (QED) is 0.838. The molecule has 0 atom stereocenters. The van der Waals surface area contributed by atoms with E-state index in [0.717, 1.165) is 42.1 Å². The maximum absolute atomic E-state index is 5.65. The second-order valence-electron chi connectivity index (χ2n) is 4.59. The Bertz CT molecular complexity index is 517. The van der Waals surface area contributed by atoms with Gasteiger partial charge < -0.3 is 10.5 Å². The Hall–Kier alpha value is -1.81. The van der Waals surface area contributed by atoms with Crippen LogP contribution in [0.3, 0.4) is 0 Å². The smallest absolute Gasteiger partial charge is 0.119 e. The first-order valence-electron chi connectivity index (χ1n) is 6.73. The lowest BCUT2D eigenvalue weighted by molar-refractivity contribution is 0.317. The van der Waals surface area contributed by atoms with Crippen molar-refractivity contribution in [2.45, 2.75) is 26.7 Å². The molecule has 4 heteroatoms. The summed E-state index contributed by atoms with van der Waals surface area (Å²) in [5.74, 6) is 0.901. The molecule has 0 aliphatic rings. The average molecular weight is 259 g/mol. The van der Waals surface area contributed by atoms with E-state index in [1.165, 1.54) is 5.56 Å². The third-order valence-corrected chi connectivity index (χ3v) is 3.07. The highest BCUT2D eigenvalue weighted by Gasteiger charge is 2.11. The van der Waals surface area contributed by atoms with Gasteiger partial charge in [-0.25, -0.2) is 0 Å². The van der Waals surface area contributed by atoms with Gasteiger partial charge in [0.15, 0.2) is 0 Å². The van der Waals surface area contributed by atoms with Crippen molar-refractivity contribution in [1.82, 2.24) is 10.2 Å². The number of hydrogen-bond donors (Lipinski definition) is 2. The molecule has 19 heavy (non-hydrogen) atoms. The zero-order valence-corrected chi connectivity index (χ0v) is 11.6. The Morgan fingerprint density at radius 2 is 2.00 bits per heavy atom. The van der Waals surface area contributed by atoms with Crippen LogP contribution in [0, 0.1) is 6.92 Å². The summed E-state index contributed by atoms with van der Waals surface area (Å²) in [6.45, 7) is 5.50. The van der Waals surface area contributed by atoms with E-state index in [1.54, 1.807) is 0 Å². The number of rotatable bonds is 6. The number of aromatic nitrogens is 2. The van der Waals surface area contributed by atoms with Gasteiger partial charge in [0.2, 0.25) is 0 Å². The van der Waals surface area contributed by atoms with Crippen LogP contribution in [0.5, 0.6) is 5.75 Å². The number of nitrogens with two attached hydrogens (primary N) is 1. The summed E-state index contributed by atoms with van der Waals surface area (Å²) in [6.07, 6.45) is 1.85. The van der Waals surface area contributed by atoms with Crippen LogP contribution in [0.1, 0.15) is 24.6 Å². The number of aryl methyl sites for hydroxylation is 1. The number of benzene rings is 1. The lowest BCUT2D eigenvalue weighted by Crippen LogP contribution is -2.04. The maximum atomic E-state index is 5.65. The second kappa shape index (κ2) is 6.38. The Balaban J connectivity index is 2.22. The van der Waals surface area contributed by atoms with Gasteiger partial charge in [0.25, 0.3) is 0 Å². The topological polar surface area (TPSA) is 63.9 Å². The Morgan fingerprint density at radius 1 is 1.26 bits per heavy atom. The molecule has 1 aromatic carbocycles. The summed E-state index contributed by atoms with van der Waals surface area (Å²) in [5.41, 5.74) is 10.0. The highest BCUT2D eigenvalue weighted by atomic mass is 16.5. The van der Waals surface area contributed by atoms with Crippen LogP contribution in [0.25, 0.3) is 11.3 Å². The molecule has 0 aliphatic heterocycles. The number of H-pyrrole nitrogens is 1. The van der Waals surface area contributed by atoms with E-state index < -0.39 is 0 Å². The van der Waals surface area contributed by atoms with Gasteiger partial charge in [0.1, 0.15) is 5.75 Å². The van der Waals surface area contributed by atoms with Crippen molar-refractivity contribution in [3.05, 3.63) is 35.5 Å². The van der Waals surface area contributed by atoms with E-state index in [0.29, 0.717) is 6.54 Å². The van der Waals surface area contributed by atoms with E-state index in [4.69, 9.17) is 10.5 Å². The molecule has 0 aliphatic carbocycles. The van der Waals surface area contributed by atoms with E-state index in [2.05, 4.69) is 17.1 Å². The minimum absolute atomic E-state index is 0.630. The van der Waals surface area contributed by atoms with E-state index >= 15 is 0 Å². The average Bonchev–Trinajstić information content (AvgIpc) is 2.79. The van der Waals surface area contributed by atoms with Gasteiger partial charge in [-0.05, 0) is 50.6 Å². The SMILES string of the molecule is CCCOc1ccc(-c2n[nH]c(C)c2CCN)cc1. The molecule has 0 saturated heterocycles. The van der Waals surface area contributed by atoms with Crippen molar-refractivity contribution in [3.8, 4) is 17.0 Å². The van der Waals surface area contributed by atoms with Crippen LogP contribution in [-0.4, -0.2) is 23.3 Å². The van der Waals surface area contributed by atoms with Crippen LogP contribution >= 0.6 is 0 Å². The third kappa shape index (κ3) is 3.15. The monoisotopic (exact) mass is 259 g/mol. The molecule has 1 aromatic heterocycles. The molecule has 0 radical (unpaired) electrons. The first-order valence-corrected chi connectivity index (χ1v) is 6.73. The molecule has 0 fully saturated rings. The predicted octanol–water partition coefficient (Wildman–Crippen LogP) is 2.68. The van der Waals surface area contributed by atoms with Crippen LogP contribution in [0.2, 0.25) is 0 Å². The molecule has 0 saturated carbocycles. The number of aromatic amines is 1. The van der Waals surface area contributed by atoms with E-state index in [9.17, 15) is 0 Å². The summed E-state index contributed by atoms with van der Waals surface area (Å²) in [4.78, 5) is 0. The molecule has 0 unspecified atom stereocenters. The third-order valence-electron chi connectivity index (χ3n) is 3.07. The van der Waals surface area contributed by atoms with E-state index in [1.807, 2.05) is 31.2 Å². The summed E-state index contributed by atoms with van der Waals surface area (Å²) in [5, 5.41) is 7.41. The molecular formula is C15H21N3O. The second-order valence-corrected chi connectivity index (χ2v) is 4.59. The molecule has 1 heterocycles. The fourth-order valence-corrected chi connectivity index (χ4v) is 2.07. The predicted molar refractivity (Wildman–Crippen MR) is 77.3 cm³/mol. The van der Waals surface area contributed by atoms with Gasteiger partial charge in [-0.1, -0.05) is 6.92 Å². The van der Waals surface area contributed by atoms with Crippen molar-refractivity contribution in [2.24, 2.45) is 5.73 Å². The Kier molecular flexibility index (Phi) is 4.58. The highest BCUT2D eigenvalue weighted by Crippen LogP contribution is 2.25. The minimum Gasteiger partial charge on any atom is -0.494 e. The number of nitrogens with one attached hydrogen (secondary N) is 1. The normalized spacial score (nSPS) is 10.7. The number of hydrogen-bond acceptors (Lipinski definition) is 3. The van der Waals surface area contributed by atoms with Crippen LogP contribution in [0.4, 0.5) is 0 Å². The number of ether oxygens (including phenoxy) is 1. The molecule has 102 valence electrons. The van der Waals surface area contributed by atoms with E-state index in [-0.39, 0.29) is 0 Å². The van der Waals surface area contributed by atoms with Crippen molar-refractivity contribution >= 4 is 0 Å². The zero-order chi connectivity index (χ0) is 13.7. The summed E-state index contributed by atoms with van der Waals surface area (Å²) < 4.78 is 5.58. The fourth-order valence-electron chi connectivity index (χ4n) is 2.07. The first kappa shape index (κ1) is 13.6. The van der Waals surface area contributed by atoms with Gasteiger partial charge in [-0.3, -0.25) is 5.10 Å². The minimum atomic E-state index is 0.630. The molecule has 2 rings (SSSR count). The Morgan fingerprint density at radius 3 is 2.63 bits per heavy atom. The van der Waals surface area contributed by atoms with Crippen LogP contribution in [0.15, 0.2) is 24.3 Å². The number of nitrogens with zero attached hydrogens (tertiary/aromatic N) is 1. The molecule has 0 spiro atoms. The van der Waals surface area contributed by atoms with Gasteiger partial charge in [0.05, 0.1) is 12.3 Å². The molecule has 2 aromatic rings. The summed E-state index contributed by atoms with van der Waals surface area (Å²) in [7, 11) is 0. The van der Waals surface area contributed by atoms with Gasteiger partial charge >= 0.3 is 0 Å². The molecule has 3 N–H and O–H groups in total. The standard InChI is InChI=1S/C15H21N3O/c1-3-10-19-13-6-4-12(5-7-13)15-14(8-9-16)11(2)17-18-15/h4-7H,3,8-10,16H2,1-2H3,(H,17,18). The molecular weight excluding hydrogens is 238 g/mol.